The van der Waals surface area contributed by atoms with Crippen LogP contribution in [0.1, 0.15) is 12.7 Å². The largest absolute Gasteiger partial charge is 0.368 e. The number of nitrogens with one attached hydrogen (secondary N) is 1. The number of fused-ring (bicyclic) bond motifs is 1. The van der Waals surface area contributed by atoms with Gasteiger partial charge in [-0.1, -0.05) is 12.1 Å². The summed E-state index contributed by atoms with van der Waals surface area (Å²) in [6.45, 7) is 4.19. The van der Waals surface area contributed by atoms with Gasteiger partial charge >= 0.3 is 0 Å². The first-order chi connectivity index (χ1) is 8.48. The van der Waals surface area contributed by atoms with Crippen molar-refractivity contribution in [1.29, 1.82) is 0 Å². The summed E-state index contributed by atoms with van der Waals surface area (Å²) in [5.74, 6) is 0.501. The molecule has 0 aliphatic rings. The number of benzene rings is 1. The lowest BCUT2D eigenvalue weighted by molar-refractivity contribution is -0.124. The maximum atomic E-state index is 11.6. The van der Waals surface area contributed by atoms with Crippen LogP contribution in [0.25, 0.3) is 11.0 Å². The molecule has 3 N–H and O–H groups in total. The highest BCUT2D eigenvalue weighted by Gasteiger charge is 2.30. The van der Waals surface area contributed by atoms with Gasteiger partial charge in [0, 0.05) is 0 Å². The van der Waals surface area contributed by atoms with Crippen LogP contribution in [-0.4, -0.2) is 28.0 Å². The minimum absolute atomic E-state index is 0.373. The Bertz CT molecular complexity index is 590. The van der Waals surface area contributed by atoms with Crippen LogP contribution in [0.4, 0.5) is 0 Å². The Kier molecular flexibility index (Phi) is 3.09. The average molecular weight is 246 g/mol. The Balaban J connectivity index is 2.49. The topological polar surface area (TPSA) is 72.9 Å². The van der Waals surface area contributed by atoms with Crippen molar-refractivity contribution < 1.29 is 4.79 Å². The zero-order valence-corrected chi connectivity index (χ0v) is 10.9. The summed E-state index contributed by atoms with van der Waals surface area (Å²) in [5, 5.41) is 2.98. The Morgan fingerprint density at radius 1 is 1.50 bits per heavy atom. The molecule has 1 amide bonds. The summed E-state index contributed by atoms with van der Waals surface area (Å²) in [6, 6.07) is 7.86. The van der Waals surface area contributed by atoms with Crippen LogP contribution in [0.15, 0.2) is 24.3 Å². The standard InChI is InChI=1S/C13H18N4O/c1-9-16-10-6-4-5-7-11(10)17(9)8-13(2,15-3)12(14)18/h4-7,15H,8H2,1-3H3,(H2,14,18). The van der Waals surface area contributed by atoms with Gasteiger partial charge < -0.3 is 15.6 Å². The molecular weight excluding hydrogens is 228 g/mol. The molecule has 0 radical (unpaired) electrons. The monoisotopic (exact) mass is 246 g/mol. The highest BCUT2D eigenvalue weighted by Crippen LogP contribution is 2.18. The summed E-state index contributed by atoms with van der Waals surface area (Å²) in [7, 11) is 1.74. The van der Waals surface area contributed by atoms with E-state index < -0.39 is 5.54 Å². The predicted molar refractivity (Wildman–Crippen MR) is 71.1 cm³/mol. The first-order valence-corrected chi connectivity index (χ1v) is 5.88. The quantitative estimate of drug-likeness (QED) is 0.838. The number of imidazole rings is 1. The number of aromatic nitrogens is 2. The number of hydrogen-bond acceptors (Lipinski definition) is 3. The van der Waals surface area contributed by atoms with E-state index >= 15 is 0 Å². The van der Waals surface area contributed by atoms with Crippen LogP contribution in [0, 0.1) is 6.92 Å². The van der Waals surface area contributed by atoms with Gasteiger partial charge in [0.2, 0.25) is 5.91 Å². The van der Waals surface area contributed by atoms with E-state index in [1.165, 1.54) is 0 Å². The number of nitrogens with zero attached hydrogens (tertiary/aromatic N) is 2. The first-order valence-electron chi connectivity index (χ1n) is 5.88. The SMILES string of the molecule is CNC(C)(Cn1c(C)nc2ccccc21)C(N)=O. The number of rotatable bonds is 4. The number of carbonyl (C=O) groups is 1. The zero-order chi connectivity index (χ0) is 13.3. The molecule has 0 aliphatic carbocycles. The number of carbonyl (C=O) groups excluding carboxylic acids is 1. The minimum Gasteiger partial charge on any atom is -0.368 e. The van der Waals surface area contributed by atoms with E-state index in [0.29, 0.717) is 6.54 Å². The second kappa shape index (κ2) is 4.42. The van der Waals surface area contributed by atoms with Gasteiger partial charge in [-0.15, -0.1) is 0 Å². The molecule has 1 aromatic carbocycles. The van der Waals surface area contributed by atoms with Gasteiger partial charge in [0.05, 0.1) is 17.6 Å². The van der Waals surface area contributed by atoms with E-state index in [9.17, 15) is 4.79 Å². The lowest BCUT2D eigenvalue weighted by atomic mass is 10.0. The second-order valence-electron chi connectivity index (χ2n) is 4.68. The van der Waals surface area contributed by atoms with Crippen molar-refractivity contribution in [2.75, 3.05) is 7.05 Å². The van der Waals surface area contributed by atoms with Crippen molar-refractivity contribution in [2.24, 2.45) is 5.73 Å². The van der Waals surface area contributed by atoms with Crippen molar-refractivity contribution in [3.8, 4) is 0 Å². The van der Waals surface area contributed by atoms with Crippen molar-refractivity contribution in [2.45, 2.75) is 25.9 Å². The highest BCUT2D eigenvalue weighted by atomic mass is 16.1. The van der Waals surface area contributed by atoms with E-state index in [0.717, 1.165) is 16.9 Å². The number of nitrogens with two attached hydrogens (primary N) is 1. The first kappa shape index (κ1) is 12.6. The molecule has 0 bridgehead atoms. The fourth-order valence-corrected chi connectivity index (χ4v) is 1.99. The van der Waals surface area contributed by atoms with Crippen LogP contribution in [-0.2, 0) is 11.3 Å². The number of amides is 1. The van der Waals surface area contributed by atoms with Crippen LogP contribution >= 0.6 is 0 Å². The molecule has 1 atom stereocenters. The Morgan fingerprint density at radius 3 is 2.78 bits per heavy atom. The predicted octanol–water partition coefficient (Wildman–Crippen LogP) is 0.808. The van der Waals surface area contributed by atoms with E-state index in [2.05, 4.69) is 10.3 Å². The van der Waals surface area contributed by atoms with E-state index in [1.807, 2.05) is 35.8 Å². The van der Waals surface area contributed by atoms with Crippen molar-refractivity contribution in [1.82, 2.24) is 14.9 Å². The van der Waals surface area contributed by atoms with Crippen LogP contribution in [0.5, 0.6) is 0 Å². The van der Waals surface area contributed by atoms with E-state index in [1.54, 1.807) is 14.0 Å². The number of likely N-dealkylation sites (N-methyl/N-ethyl adjacent to an activating group) is 1. The fourth-order valence-electron chi connectivity index (χ4n) is 1.99. The van der Waals surface area contributed by atoms with Crippen molar-refractivity contribution >= 4 is 16.9 Å². The zero-order valence-electron chi connectivity index (χ0n) is 10.9. The summed E-state index contributed by atoms with van der Waals surface area (Å²) in [5.41, 5.74) is 6.61. The Labute approximate surface area is 106 Å². The Morgan fingerprint density at radius 2 is 2.17 bits per heavy atom. The molecule has 5 nitrogen and oxygen atoms in total. The normalized spacial score (nSPS) is 14.6. The molecule has 1 aromatic heterocycles. The van der Waals surface area contributed by atoms with Crippen LogP contribution < -0.4 is 11.1 Å². The summed E-state index contributed by atoms with van der Waals surface area (Å²) in [4.78, 5) is 16.0. The highest BCUT2D eigenvalue weighted by molar-refractivity contribution is 5.84. The van der Waals surface area contributed by atoms with Crippen LogP contribution in [0.3, 0.4) is 0 Å². The molecular formula is C13H18N4O. The van der Waals surface area contributed by atoms with Gasteiger partial charge in [-0.2, -0.15) is 0 Å². The van der Waals surface area contributed by atoms with Gasteiger partial charge in [-0.25, -0.2) is 4.98 Å². The molecule has 0 saturated heterocycles. The summed E-state index contributed by atoms with van der Waals surface area (Å²) >= 11 is 0. The average Bonchev–Trinajstić information content (AvgIpc) is 2.65. The molecule has 1 unspecified atom stereocenters. The molecule has 0 fully saturated rings. The lowest BCUT2D eigenvalue weighted by Crippen LogP contribution is -2.54. The lowest BCUT2D eigenvalue weighted by Gasteiger charge is -2.26. The molecule has 2 rings (SSSR count). The van der Waals surface area contributed by atoms with Gasteiger partial charge in [-0.3, -0.25) is 4.79 Å². The van der Waals surface area contributed by atoms with Crippen LogP contribution in [0.2, 0.25) is 0 Å². The van der Waals surface area contributed by atoms with E-state index in [4.69, 9.17) is 5.73 Å². The molecule has 0 saturated carbocycles. The number of para-hydroxylation sites is 2. The molecule has 0 spiro atoms. The molecule has 5 heteroatoms. The molecule has 1 heterocycles. The molecule has 18 heavy (non-hydrogen) atoms. The molecule has 0 aliphatic heterocycles. The minimum atomic E-state index is -0.784. The number of primary amides is 1. The van der Waals surface area contributed by atoms with Gasteiger partial charge in [0.15, 0.2) is 0 Å². The summed E-state index contributed by atoms with van der Waals surface area (Å²) < 4.78 is 2.01. The third kappa shape index (κ3) is 1.97. The number of aryl methyl sites for hydroxylation is 1. The molecule has 96 valence electrons. The maximum absolute atomic E-state index is 11.6. The van der Waals surface area contributed by atoms with Gasteiger partial charge in [0.25, 0.3) is 0 Å². The third-order valence-corrected chi connectivity index (χ3v) is 3.42. The van der Waals surface area contributed by atoms with Crippen molar-refractivity contribution in [3.05, 3.63) is 30.1 Å². The molecule has 2 aromatic rings. The number of hydrogen-bond donors (Lipinski definition) is 2. The van der Waals surface area contributed by atoms with Gasteiger partial charge in [0.1, 0.15) is 11.4 Å². The Hall–Kier alpha value is -1.88. The second-order valence-corrected chi connectivity index (χ2v) is 4.68. The maximum Gasteiger partial charge on any atom is 0.239 e. The third-order valence-electron chi connectivity index (χ3n) is 3.42. The van der Waals surface area contributed by atoms with E-state index in [-0.39, 0.29) is 5.91 Å². The summed E-state index contributed by atoms with van der Waals surface area (Å²) in [6.07, 6.45) is 0. The van der Waals surface area contributed by atoms with Crippen molar-refractivity contribution in [3.63, 3.8) is 0 Å². The fraction of sp³-hybridized carbons (Fsp3) is 0.385. The van der Waals surface area contributed by atoms with Gasteiger partial charge in [-0.05, 0) is 33.0 Å². The smallest absolute Gasteiger partial charge is 0.239 e.